The van der Waals surface area contributed by atoms with E-state index in [1.54, 1.807) is 7.11 Å². The number of carboxylic acids is 1. The van der Waals surface area contributed by atoms with Crippen molar-refractivity contribution >= 4 is 11.9 Å². The number of carbonyl (C=O) groups is 2. The van der Waals surface area contributed by atoms with Crippen molar-refractivity contribution in [3.8, 4) is 5.75 Å². The van der Waals surface area contributed by atoms with Gasteiger partial charge in [-0.25, -0.2) is 15.2 Å². The molecular weight excluding hydrogens is 350 g/mol. The molecule has 1 saturated heterocycles. The number of hydrazine groups is 1. The Labute approximate surface area is 155 Å². The van der Waals surface area contributed by atoms with Crippen LogP contribution >= 0.6 is 0 Å². The summed E-state index contributed by atoms with van der Waals surface area (Å²) in [4.78, 5) is 33.7. The van der Waals surface area contributed by atoms with Gasteiger partial charge in [0.2, 0.25) is 5.91 Å². The fourth-order valence-corrected chi connectivity index (χ4v) is 3.78. The van der Waals surface area contributed by atoms with Gasteiger partial charge in [0.15, 0.2) is 0 Å². The maximum Gasteiger partial charge on any atom is 0.326 e. The van der Waals surface area contributed by atoms with Crippen molar-refractivity contribution in [2.24, 2.45) is 5.92 Å². The van der Waals surface area contributed by atoms with Crippen LogP contribution in [0.25, 0.3) is 0 Å². The molecule has 1 aromatic carbocycles. The van der Waals surface area contributed by atoms with Crippen molar-refractivity contribution in [2.45, 2.75) is 25.0 Å². The van der Waals surface area contributed by atoms with Gasteiger partial charge in [-0.3, -0.25) is 10.2 Å². The van der Waals surface area contributed by atoms with Crippen LogP contribution in [0.5, 0.6) is 5.75 Å². The number of hydrogen-bond donors (Lipinski definition) is 4. The average Bonchev–Trinajstić information content (AvgIpc) is 3.35. The van der Waals surface area contributed by atoms with Crippen molar-refractivity contribution in [1.29, 1.82) is 0 Å². The van der Waals surface area contributed by atoms with Gasteiger partial charge in [-0.15, -0.1) is 0 Å². The lowest BCUT2D eigenvalue weighted by Gasteiger charge is -2.35. The van der Waals surface area contributed by atoms with Crippen molar-refractivity contribution < 1.29 is 19.4 Å². The van der Waals surface area contributed by atoms with Crippen molar-refractivity contribution in [2.75, 3.05) is 13.7 Å². The summed E-state index contributed by atoms with van der Waals surface area (Å²) in [6.45, 7) is 0.631. The van der Waals surface area contributed by atoms with Gasteiger partial charge in [0.1, 0.15) is 11.8 Å². The first-order valence-corrected chi connectivity index (χ1v) is 8.75. The molecular formula is C18H21N5O4. The first-order valence-electron chi connectivity index (χ1n) is 8.75. The molecule has 2 aromatic rings. The number of hydrogen-bond acceptors (Lipinski definition) is 6. The summed E-state index contributed by atoms with van der Waals surface area (Å²) in [6.07, 6.45) is 1.74. The summed E-state index contributed by atoms with van der Waals surface area (Å²) in [5, 5.41) is 9.64. The highest BCUT2D eigenvalue weighted by Crippen LogP contribution is 2.31. The van der Waals surface area contributed by atoms with E-state index >= 15 is 0 Å². The molecule has 0 spiro atoms. The van der Waals surface area contributed by atoms with Crippen molar-refractivity contribution in [1.82, 2.24) is 25.7 Å². The van der Waals surface area contributed by atoms with Crippen LogP contribution in [-0.2, 0) is 22.6 Å². The predicted molar refractivity (Wildman–Crippen MR) is 94.6 cm³/mol. The number of imidazole rings is 1. The minimum atomic E-state index is -1.02. The molecule has 27 heavy (non-hydrogen) atoms. The van der Waals surface area contributed by atoms with Crippen LogP contribution in [0.2, 0.25) is 0 Å². The van der Waals surface area contributed by atoms with E-state index in [0.29, 0.717) is 18.0 Å². The maximum absolute atomic E-state index is 13.3. The molecule has 0 saturated carbocycles. The predicted octanol–water partition coefficient (Wildman–Crippen LogP) is 0.222. The molecule has 9 nitrogen and oxygen atoms in total. The number of rotatable bonds is 4. The molecule has 3 heterocycles. The average molecular weight is 371 g/mol. The lowest BCUT2D eigenvalue weighted by atomic mass is 9.91. The third-order valence-electron chi connectivity index (χ3n) is 5.22. The number of carboxylic acid groups (broad SMARTS) is 1. The minimum absolute atomic E-state index is 0.201. The second kappa shape index (κ2) is 7.01. The summed E-state index contributed by atoms with van der Waals surface area (Å²) in [7, 11) is 1.59. The molecule has 2 aliphatic heterocycles. The van der Waals surface area contributed by atoms with Crippen LogP contribution in [0.3, 0.4) is 0 Å². The second-order valence-electron chi connectivity index (χ2n) is 6.74. The van der Waals surface area contributed by atoms with Gasteiger partial charge >= 0.3 is 5.97 Å². The van der Waals surface area contributed by atoms with Crippen LogP contribution in [0.4, 0.5) is 0 Å². The Bertz CT molecular complexity index is 867. The van der Waals surface area contributed by atoms with Crippen molar-refractivity contribution in [3.63, 3.8) is 0 Å². The molecule has 1 fully saturated rings. The number of methoxy groups -OCH3 is 1. The summed E-state index contributed by atoms with van der Waals surface area (Å²) >= 11 is 0. The monoisotopic (exact) mass is 371 g/mol. The zero-order chi connectivity index (χ0) is 19.0. The fourth-order valence-electron chi connectivity index (χ4n) is 3.78. The number of ether oxygens (including phenoxy) is 1. The van der Waals surface area contributed by atoms with Gasteiger partial charge in [-0.2, -0.15) is 0 Å². The quantitative estimate of drug-likeness (QED) is 0.607. The van der Waals surface area contributed by atoms with Crippen LogP contribution in [0.15, 0.2) is 30.6 Å². The molecule has 0 aliphatic carbocycles. The Morgan fingerprint density at radius 3 is 3.00 bits per heavy atom. The van der Waals surface area contributed by atoms with Gasteiger partial charge in [0.25, 0.3) is 0 Å². The molecule has 3 unspecified atom stereocenters. The van der Waals surface area contributed by atoms with Crippen LogP contribution in [0.1, 0.15) is 23.0 Å². The van der Waals surface area contributed by atoms with Gasteiger partial charge < -0.3 is 19.7 Å². The highest BCUT2D eigenvalue weighted by molar-refractivity contribution is 5.86. The van der Waals surface area contributed by atoms with E-state index in [1.165, 1.54) is 11.2 Å². The highest BCUT2D eigenvalue weighted by atomic mass is 16.5. The molecule has 4 rings (SSSR count). The SMILES string of the molecule is COc1cccc(C2NNCC2C(=O)N2Cc3[nH]cnc3CC2C(=O)O)c1. The highest BCUT2D eigenvalue weighted by Gasteiger charge is 2.42. The number of aromatic nitrogens is 2. The Hall–Kier alpha value is -2.91. The van der Waals surface area contributed by atoms with E-state index in [9.17, 15) is 14.7 Å². The van der Waals surface area contributed by atoms with Gasteiger partial charge in [-0.1, -0.05) is 12.1 Å². The number of aromatic amines is 1. The number of aliphatic carboxylic acids is 1. The third kappa shape index (κ3) is 3.15. The molecule has 4 N–H and O–H groups in total. The first-order chi connectivity index (χ1) is 13.1. The van der Waals surface area contributed by atoms with Gasteiger partial charge in [0, 0.05) is 13.0 Å². The zero-order valence-corrected chi connectivity index (χ0v) is 14.8. The number of nitrogens with zero attached hydrogens (tertiary/aromatic N) is 2. The first kappa shape index (κ1) is 17.5. The van der Waals surface area contributed by atoms with Gasteiger partial charge in [-0.05, 0) is 17.7 Å². The number of fused-ring (bicyclic) bond motifs is 1. The maximum atomic E-state index is 13.3. The summed E-state index contributed by atoms with van der Waals surface area (Å²) in [5.41, 5.74) is 8.57. The fraction of sp³-hybridized carbons (Fsp3) is 0.389. The van der Waals surface area contributed by atoms with Crippen LogP contribution < -0.4 is 15.6 Å². The van der Waals surface area contributed by atoms with E-state index in [1.807, 2.05) is 24.3 Å². The number of amides is 1. The number of benzene rings is 1. The second-order valence-corrected chi connectivity index (χ2v) is 6.74. The molecule has 3 atom stereocenters. The zero-order valence-electron chi connectivity index (χ0n) is 14.8. The smallest absolute Gasteiger partial charge is 0.326 e. The van der Waals surface area contributed by atoms with E-state index in [4.69, 9.17) is 4.74 Å². The third-order valence-corrected chi connectivity index (χ3v) is 5.22. The van der Waals surface area contributed by atoms with Crippen molar-refractivity contribution in [3.05, 3.63) is 47.5 Å². The molecule has 2 aliphatic rings. The van der Waals surface area contributed by atoms with E-state index in [-0.39, 0.29) is 24.9 Å². The number of carbonyl (C=O) groups excluding carboxylic acids is 1. The number of nitrogens with one attached hydrogen (secondary N) is 3. The molecule has 0 radical (unpaired) electrons. The molecule has 142 valence electrons. The minimum Gasteiger partial charge on any atom is -0.497 e. The molecule has 1 aromatic heterocycles. The topological polar surface area (TPSA) is 120 Å². The lowest BCUT2D eigenvalue weighted by molar-refractivity contribution is -0.153. The van der Waals surface area contributed by atoms with Crippen LogP contribution in [-0.4, -0.2) is 51.5 Å². The van der Waals surface area contributed by atoms with E-state index < -0.39 is 17.9 Å². The Morgan fingerprint density at radius 1 is 1.37 bits per heavy atom. The normalized spacial score (nSPS) is 24.5. The summed E-state index contributed by atoms with van der Waals surface area (Å²) < 4.78 is 5.27. The molecule has 9 heteroatoms. The largest absolute Gasteiger partial charge is 0.497 e. The van der Waals surface area contributed by atoms with E-state index in [0.717, 1.165) is 11.3 Å². The van der Waals surface area contributed by atoms with Crippen LogP contribution in [0, 0.1) is 5.92 Å². The molecule has 1 amide bonds. The Balaban J connectivity index is 1.61. The number of H-pyrrole nitrogens is 1. The standard InChI is InChI=1S/C18H21N5O4/c1-27-11-4-2-3-10(5-11)16-12(7-21-22-16)17(24)23-8-14-13(19-9-20-14)6-15(23)18(25)26/h2-5,9,12,15-16,21-22H,6-8H2,1H3,(H,19,20)(H,25,26). The van der Waals surface area contributed by atoms with Gasteiger partial charge in [0.05, 0.1) is 43.3 Å². The summed E-state index contributed by atoms with van der Waals surface area (Å²) in [6, 6.07) is 6.32. The lowest BCUT2D eigenvalue weighted by Crippen LogP contribution is -2.51. The Morgan fingerprint density at radius 2 is 2.22 bits per heavy atom. The Kier molecular flexibility index (Phi) is 4.54. The summed E-state index contributed by atoms with van der Waals surface area (Å²) in [5.74, 6) is -0.943. The molecule has 0 bridgehead atoms. The van der Waals surface area contributed by atoms with E-state index in [2.05, 4.69) is 20.8 Å².